The zero-order chi connectivity index (χ0) is 11.0. The van der Waals surface area contributed by atoms with Crippen molar-refractivity contribution in [1.29, 1.82) is 0 Å². The Morgan fingerprint density at radius 3 is 2.80 bits per heavy atom. The van der Waals surface area contributed by atoms with Gasteiger partial charge < -0.3 is 5.73 Å². The van der Waals surface area contributed by atoms with E-state index < -0.39 is 0 Å². The van der Waals surface area contributed by atoms with E-state index in [-0.39, 0.29) is 5.69 Å². The van der Waals surface area contributed by atoms with Gasteiger partial charge in [-0.05, 0) is 18.8 Å². The lowest BCUT2D eigenvalue weighted by molar-refractivity contribution is 0.534. The van der Waals surface area contributed by atoms with E-state index in [0.29, 0.717) is 17.2 Å². The summed E-state index contributed by atoms with van der Waals surface area (Å²) in [6, 6.07) is 0.290. The molecule has 0 amide bonds. The Morgan fingerprint density at radius 2 is 2.33 bits per heavy atom. The summed E-state index contributed by atoms with van der Waals surface area (Å²) < 4.78 is 1.54. The summed E-state index contributed by atoms with van der Waals surface area (Å²) in [7, 11) is 1.73. The Balaban J connectivity index is 2.10. The summed E-state index contributed by atoms with van der Waals surface area (Å²) >= 11 is 1.65. The third-order valence-electron chi connectivity index (χ3n) is 3.14. The molecule has 3 unspecified atom stereocenters. The number of aromatic nitrogens is 3. The van der Waals surface area contributed by atoms with Gasteiger partial charge in [0.1, 0.15) is 0 Å². The molecule has 15 heavy (non-hydrogen) atoms. The minimum atomic E-state index is -0.160. The molecular weight excluding hydrogens is 212 g/mol. The molecule has 0 radical (unpaired) electrons. The van der Waals surface area contributed by atoms with Crippen molar-refractivity contribution in [2.45, 2.75) is 36.2 Å². The van der Waals surface area contributed by atoms with E-state index in [1.165, 1.54) is 0 Å². The van der Waals surface area contributed by atoms with Gasteiger partial charge in [0.05, 0.1) is 0 Å². The van der Waals surface area contributed by atoms with Gasteiger partial charge in [-0.15, -0.1) is 5.10 Å². The lowest BCUT2D eigenvalue weighted by Crippen LogP contribution is -2.26. The smallest absolute Gasteiger partial charge is 0.327 e. The number of aromatic amines is 1. The second-order valence-corrected chi connectivity index (χ2v) is 5.33. The van der Waals surface area contributed by atoms with Crippen molar-refractivity contribution in [2.75, 3.05) is 0 Å². The molecule has 1 saturated carbocycles. The molecule has 0 bridgehead atoms. The topological polar surface area (TPSA) is 76.7 Å². The van der Waals surface area contributed by atoms with Crippen molar-refractivity contribution in [1.82, 2.24) is 14.8 Å². The van der Waals surface area contributed by atoms with Crippen LogP contribution in [0.15, 0.2) is 9.95 Å². The minimum Gasteiger partial charge on any atom is -0.327 e. The first-order valence-electron chi connectivity index (χ1n) is 5.13. The van der Waals surface area contributed by atoms with Crippen LogP contribution in [0, 0.1) is 5.92 Å². The van der Waals surface area contributed by atoms with Crippen LogP contribution >= 0.6 is 11.8 Å². The second kappa shape index (κ2) is 4.02. The Labute approximate surface area is 92.4 Å². The van der Waals surface area contributed by atoms with E-state index >= 15 is 0 Å². The highest BCUT2D eigenvalue weighted by atomic mass is 32.2. The largest absolute Gasteiger partial charge is 0.343 e. The maximum absolute atomic E-state index is 11.2. The monoisotopic (exact) mass is 228 g/mol. The van der Waals surface area contributed by atoms with Crippen molar-refractivity contribution in [2.24, 2.45) is 18.7 Å². The van der Waals surface area contributed by atoms with Gasteiger partial charge in [0.2, 0.25) is 0 Å². The van der Waals surface area contributed by atoms with Gasteiger partial charge in [-0.3, -0.25) is 4.57 Å². The average molecular weight is 228 g/mol. The molecule has 3 N–H and O–H groups in total. The number of hydrogen-bond donors (Lipinski definition) is 2. The quantitative estimate of drug-likeness (QED) is 0.764. The van der Waals surface area contributed by atoms with E-state index in [4.69, 9.17) is 5.73 Å². The first-order valence-corrected chi connectivity index (χ1v) is 6.01. The fourth-order valence-electron chi connectivity index (χ4n) is 1.90. The molecule has 6 heteroatoms. The molecule has 1 fully saturated rings. The minimum absolute atomic E-state index is 0.160. The average Bonchev–Trinajstić information content (AvgIpc) is 2.68. The van der Waals surface area contributed by atoms with Gasteiger partial charge in [0, 0.05) is 18.3 Å². The number of nitrogens with one attached hydrogen (secondary N) is 1. The summed E-state index contributed by atoms with van der Waals surface area (Å²) in [5.41, 5.74) is 5.80. The molecule has 1 aromatic heterocycles. The first-order chi connectivity index (χ1) is 7.09. The Hall–Kier alpha value is -0.750. The standard InChI is InChI=1S/C9H16N4OS/c1-5-6(10)3-4-7(5)15-9-12-11-8(14)13(9)2/h5-7H,3-4,10H2,1-2H3,(H,11,14). The molecular formula is C9H16N4OS. The molecule has 1 heterocycles. The van der Waals surface area contributed by atoms with Crippen LogP contribution in [-0.4, -0.2) is 26.1 Å². The van der Waals surface area contributed by atoms with Gasteiger partial charge in [-0.1, -0.05) is 18.7 Å². The van der Waals surface area contributed by atoms with Crippen LogP contribution < -0.4 is 11.4 Å². The number of H-pyrrole nitrogens is 1. The molecule has 0 saturated heterocycles. The van der Waals surface area contributed by atoms with Crippen molar-refractivity contribution in [3.63, 3.8) is 0 Å². The Morgan fingerprint density at radius 1 is 1.60 bits per heavy atom. The fourth-order valence-corrected chi connectivity index (χ4v) is 3.18. The molecule has 2 rings (SSSR count). The predicted molar refractivity (Wildman–Crippen MR) is 59.8 cm³/mol. The second-order valence-electron chi connectivity index (χ2n) is 4.13. The van der Waals surface area contributed by atoms with Crippen molar-refractivity contribution < 1.29 is 0 Å². The number of rotatable bonds is 2. The van der Waals surface area contributed by atoms with Gasteiger partial charge in [0.15, 0.2) is 5.16 Å². The Bertz CT molecular complexity index is 399. The lowest BCUT2D eigenvalue weighted by atomic mass is 10.1. The van der Waals surface area contributed by atoms with E-state index in [2.05, 4.69) is 17.1 Å². The number of hydrogen-bond acceptors (Lipinski definition) is 4. The lowest BCUT2D eigenvalue weighted by Gasteiger charge is -2.16. The van der Waals surface area contributed by atoms with Crippen LogP contribution in [0.5, 0.6) is 0 Å². The zero-order valence-corrected chi connectivity index (χ0v) is 9.75. The van der Waals surface area contributed by atoms with Gasteiger partial charge >= 0.3 is 5.69 Å². The van der Waals surface area contributed by atoms with Crippen molar-refractivity contribution >= 4 is 11.8 Å². The van der Waals surface area contributed by atoms with Crippen LogP contribution in [0.2, 0.25) is 0 Å². The third-order valence-corrected chi connectivity index (χ3v) is 4.69. The van der Waals surface area contributed by atoms with Crippen LogP contribution in [0.3, 0.4) is 0 Å². The third kappa shape index (κ3) is 1.96. The number of nitrogens with zero attached hydrogens (tertiary/aromatic N) is 2. The highest BCUT2D eigenvalue weighted by molar-refractivity contribution is 7.99. The van der Waals surface area contributed by atoms with Gasteiger partial charge in [-0.25, -0.2) is 9.89 Å². The normalized spacial score (nSPS) is 31.0. The maximum Gasteiger partial charge on any atom is 0.343 e. The van der Waals surface area contributed by atoms with E-state index in [9.17, 15) is 4.79 Å². The fraction of sp³-hybridized carbons (Fsp3) is 0.778. The SMILES string of the molecule is CC1C(N)CCC1Sc1n[nH]c(=O)n1C. The molecule has 0 aliphatic heterocycles. The summed E-state index contributed by atoms with van der Waals surface area (Å²) in [6.07, 6.45) is 2.17. The summed E-state index contributed by atoms with van der Waals surface area (Å²) in [5.74, 6) is 0.488. The van der Waals surface area contributed by atoms with Crippen molar-refractivity contribution in [3.8, 4) is 0 Å². The molecule has 84 valence electrons. The Kier molecular flexibility index (Phi) is 2.88. The van der Waals surface area contributed by atoms with Crippen LogP contribution in [0.4, 0.5) is 0 Å². The van der Waals surface area contributed by atoms with Crippen LogP contribution in [0.25, 0.3) is 0 Å². The molecule has 3 atom stereocenters. The molecule has 0 spiro atoms. The highest BCUT2D eigenvalue weighted by Gasteiger charge is 2.31. The van der Waals surface area contributed by atoms with Crippen LogP contribution in [0.1, 0.15) is 19.8 Å². The van der Waals surface area contributed by atoms with Gasteiger partial charge in [0.25, 0.3) is 0 Å². The molecule has 1 aliphatic rings. The molecule has 5 nitrogen and oxygen atoms in total. The number of nitrogens with two attached hydrogens (primary N) is 1. The maximum atomic E-state index is 11.2. The first kappa shape index (κ1) is 10.8. The predicted octanol–water partition coefficient (Wildman–Crippen LogP) is 0.326. The highest BCUT2D eigenvalue weighted by Crippen LogP contribution is 2.36. The van der Waals surface area contributed by atoms with Crippen molar-refractivity contribution in [3.05, 3.63) is 10.5 Å². The summed E-state index contributed by atoms with van der Waals surface area (Å²) in [5, 5.41) is 7.66. The molecule has 0 aromatic carbocycles. The summed E-state index contributed by atoms with van der Waals surface area (Å²) in [4.78, 5) is 11.2. The van der Waals surface area contributed by atoms with E-state index in [0.717, 1.165) is 18.0 Å². The molecule has 1 aliphatic carbocycles. The van der Waals surface area contributed by atoms with E-state index in [1.54, 1.807) is 23.4 Å². The summed E-state index contributed by atoms with van der Waals surface area (Å²) in [6.45, 7) is 2.17. The van der Waals surface area contributed by atoms with E-state index in [1.807, 2.05) is 0 Å². The van der Waals surface area contributed by atoms with Gasteiger partial charge in [-0.2, -0.15) is 0 Å². The number of thioether (sulfide) groups is 1. The zero-order valence-electron chi connectivity index (χ0n) is 8.93. The molecule has 1 aromatic rings. The van der Waals surface area contributed by atoms with Crippen LogP contribution in [-0.2, 0) is 7.05 Å².